The summed E-state index contributed by atoms with van der Waals surface area (Å²) in [4.78, 5) is 0. The Labute approximate surface area is 78.5 Å². The monoisotopic (exact) mass is 178 g/mol. The summed E-state index contributed by atoms with van der Waals surface area (Å²) in [5.41, 5.74) is 1.08. The SMILES string of the molecule is C=C[C@H](O)Cc1ccc(OC)cc1. The zero-order chi connectivity index (χ0) is 9.68. The number of benzene rings is 1. The van der Waals surface area contributed by atoms with E-state index in [-0.39, 0.29) is 0 Å². The summed E-state index contributed by atoms with van der Waals surface area (Å²) in [6.07, 6.45) is 1.67. The molecule has 0 aliphatic heterocycles. The van der Waals surface area contributed by atoms with Crippen molar-refractivity contribution in [3.05, 3.63) is 42.5 Å². The number of aliphatic hydroxyl groups is 1. The molecule has 0 fully saturated rings. The van der Waals surface area contributed by atoms with E-state index in [0.29, 0.717) is 6.42 Å². The van der Waals surface area contributed by atoms with E-state index in [1.807, 2.05) is 24.3 Å². The van der Waals surface area contributed by atoms with E-state index in [4.69, 9.17) is 4.74 Å². The van der Waals surface area contributed by atoms with Crippen molar-refractivity contribution in [2.75, 3.05) is 7.11 Å². The molecule has 1 N–H and O–H groups in total. The molecule has 1 aromatic carbocycles. The Hall–Kier alpha value is -1.28. The summed E-state index contributed by atoms with van der Waals surface area (Å²) in [6, 6.07) is 7.63. The molecule has 0 saturated carbocycles. The highest BCUT2D eigenvalue weighted by Crippen LogP contribution is 2.12. The highest BCUT2D eigenvalue weighted by atomic mass is 16.5. The number of ether oxygens (including phenoxy) is 1. The predicted molar refractivity (Wildman–Crippen MR) is 52.9 cm³/mol. The van der Waals surface area contributed by atoms with Crippen molar-refractivity contribution >= 4 is 0 Å². The molecule has 0 aliphatic carbocycles. The standard InChI is InChI=1S/C11H14O2/c1-3-10(12)8-9-4-6-11(13-2)7-5-9/h3-7,10,12H,1,8H2,2H3/t10-/m0/s1. The quantitative estimate of drug-likeness (QED) is 0.712. The Morgan fingerprint density at radius 2 is 2.08 bits per heavy atom. The molecule has 13 heavy (non-hydrogen) atoms. The van der Waals surface area contributed by atoms with Crippen LogP contribution in [-0.4, -0.2) is 18.3 Å². The number of rotatable bonds is 4. The molecule has 2 nitrogen and oxygen atoms in total. The first-order valence-electron chi connectivity index (χ1n) is 4.20. The molecule has 1 rings (SSSR count). The lowest BCUT2D eigenvalue weighted by Gasteiger charge is -2.05. The van der Waals surface area contributed by atoms with E-state index in [2.05, 4.69) is 6.58 Å². The third kappa shape index (κ3) is 2.92. The fraction of sp³-hybridized carbons (Fsp3) is 0.273. The fourth-order valence-electron chi connectivity index (χ4n) is 1.09. The first kappa shape index (κ1) is 9.81. The highest BCUT2D eigenvalue weighted by molar-refractivity contribution is 5.27. The average molecular weight is 178 g/mol. The molecule has 0 unspecified atom stereocenters. The normalized spacial score (nSPS) is 12.2. The van der Waals surface area contributed by atoms with Gasteiger partial charge in [0, 0.05) is 6.42 Å². The van der Waals surface area contributed by atoms with Crippen LogP contribution in [0.2, 0.25) is 0 Å². The molecule has 0 saturated heterocycles. The van der Waals surface area contributed by atoms with Crippen LogP contribution >= 0.6 is 0 Å². The van der Waals surface area contributed by atoms with Gasteiger partial charge in [0.05, 0.1) is 13.2 Å². The number of aliphatic hydroxyl groups excluding tert-OH is 1. The second-order valence-electron chi connectivity index (χ2n) is 2.86. The molecule has 0 spiro atoms. The molecule has 0 heterocycles. The maximum Gasteiger partial charge on any atom is 0.118 e. The lowest BCUT2D eigenvalue weighted by molar-refractivity contribution is 0.224. The Morgan fingerprint density at radius 1 is 1.46 bits per heavy atom. The van der Waals surface area contributed by atoms with Gasteiger partial charge in [-0.15, -0.1) is 6.58 Å². The van der Waals surface area contributed by atoms with Crippen molar-refractivity contribution in [1.82, 2.24) is 0 Å². The summed E-state index contributed by atoms with van der Waals surface area (Å²) < 4.78 is 5.02. The Bertz CT molecular complexity index is 264. The molecule has 2 heteroatoms. The third-order valence-corrected chi connectivity index (χ3v) is 1.88. The van der Waals surface area contributed by atoms with Crippen molar-refractivity contribution in [3.63, 3.8) is 0 Å². The van der Waals surface area contributed by atoms with Crippen LogP contribution in [0, 0.1) is 0 Å². The predicted octanol–water partition coefficient (Wildman–Crippen LogP) is 1.78. The van der Waals surface area contributed by atoms with Gasteiger partial charge in [0.25, 0.3) is 0 Å². The summed E-state index contributed by atoms with van der Waals surface area (Å²) in [5.74, 6) is 0.830. The van der Waals surface area contributed by atoms with E-state index in [1.165, 1.54) is 6.08 Å². The van der Waals surface area contributed by atoms with Crippen LogP contribution in [0.25, 0.3) is 0 Å². The van der Waals surface area contributed by atoms with E-state index in [1.54, 1.807) is 7.11 Å². The average Bonchev–Trinajstić information content (AvgIpc) is 2.19. The van der Waals surface area contributed by atoms with Crippen LogP contribution in [0.15, 0.2) is 36.9 Å². The largest absolute Gasteiger partial charge is 0.497 e. The van der Waals surface area contributed by atoms with Crippen molar-refractivity contribution in [2.45, 2.75) is 12.5 Å². The maximum absolute atomic E-state index is 9.29. The molecule has 0 bridgehead atoms. The van der Waals surface area contributed by atoms with Gasteiger partial charge in [-0.05, 0) is 17.7 Å². The van der Waals surface area contributed by atoms with Crippen molar-refractivity contribution < 1.29 is 9.84 Å². The fourth-order valence-corrected chi connectivity index (χ4v) is 1.09. The molecule has 70 valence electrons. The van der Waals surface area contributed by atoms with Gasteiger partial charge in [0.2, 0.25) is 0 Å². The highest BCUT2D eigenvalue weighted by Gasteiger charge is 2.00. The molecule has 0 aliphatic rings. The summed E-state index contributed by atoms with van der Waals surface area (Å²) >= 11 is 0. The third-order valence-electron chi connectivity index (χ3n) is 1.88. The summed E-state index contributed by atoms with van der Waals surface area (Å²) in [7, 11) is 1.63. The van der Waals surface area contributed by atoms with E-state index in [9.17, 15) is 5.11 Å². The van der Waals surface area contributed by atoms with Gasteiger partial charge in [-0.25, -0.2) is 0 Å². The summed E-state index contributed by atoms with van der Waals surface area (Å²) in [5, 5.41) is 9.29. The molecular weight excluding hydrogens is 164 g/mol. The second kappa shape index (κ2) is 4.67. The molecule has 0 amide bonds. The van der Waals surface area contributed by atoms with Gasteiger partial charge >= 0.3 is 0 Å². The smallest absolute Gasteiger partial charge is 0.118 e. The summed E-state index contributed by atoms with van der Waals surface area (Å²) in [6.45, 7) is 3.52. The zero-order valence-electron chi connectivity index (χ0n) is 7.73. The maximum atomic E-state index is 9.29. The van der Waals surface area contributed by atoms with Crippen LogP contribution in [0.5, 0.6) is 5.75 Å². The van der Waals surface area contributed by atoms with Crippen LogP contribution < -0.4 is 4.74 Å². The van der Waals surface area contributed by atoms with Crippen molar-refractivity contribution in [1.29, 1.82) is 0 Å². The first-order chi connectivity index (χ1) is 6.26. The van der Waals surface area contributed by atoms with Gasteiger partial charge in [-0.3, -0.25) is 0 Å². The molecule has 1 aromatic rings. The van der Waals surface area contributed by atoms with Crippen LogP contribution in [0.4, 0.5) is 0 Å². The van der Waals surface area contributed by atoms with Crippen molar-refractivity contribution in [2.24, 2.45) is 0 Å². The first-order valence-corrected chi connectivity index (χ1v) is 4.20. The lowest BCUT2D eigenvalue weighted by atomic mass is 10.1. The van der Waals surface area contributed by atoms with Gasteiger partial charge in [-0.2, -0.15) is 0 Å². The van der Waals surface area contributed by atoms with E-state index < -0.39 is 6.10 Å². The number of hydrogen-bond acceptors (Lipinski definition) is 2. The van der Waals surface area contributed by atoms with Crippen LogP contribution in [0.1, 0.15) is 5.56 Å². The number of hydrogen-bond donors (Lipinski definition) is 1. The van der Waals surface area contributed by atoms with Gasteiger partial charge in [-0.1, -0.05) is 18.2 Å². The Kier molecular flexibility index (Phi) is 3.53. The second-order valence-corrected chi connectivity index (χ2v) is 2.86. The molecule has 0 radical (unpaired) electrons. The van der Waals surface area contributed by atoms with Gasteiger partial charge < -0.3 is 9.84 Å². The minimum Gasteiger partial charge on any atom is -0.497 e. The van der Waals surface area contributed by atoms with E-state index >= 15 is 0 Å². The molecule has 1 atom stereocenters. The van der Waals surface area contributed by atoms with Gasteiger partial charge in [0.15, 0.2) is 0 Å². The van der Waals surface area contributed by atoms with Crippen molar-refractivity contribution in [3.8, 4) is 5.75 Å². The minimum absolute atomic E-state index is 0.464. The van der Waals surface area contributed by atoms with E-state index in [0.717, 1.165) is 11.3 Å². The Balaban J connectivity index is 2.63. The van der Waals surface area contributed by atoms with Crippen LogP contribution in [0.3, 0.4) is 0 Å². The zero-order valence-corrected chi connectivity index (χ0v) is 7.73. The molecule has 0 aromatic heterocycles. The number of methoxy groups -OCH3 is 1. The van der Waals surface area contributed by atoms with Gasteiger partial charge in [0.1, 0.15) is 5.75 Å². The lowest BCUT2D eigenvalue weighted by Crippen LogP contribution is -2.05. The molecular formula is C11H14O2. The van der Waals surface area contributed by atoms with Crippen LogP contribution in [-0.2, 0) is 6.42 Å². The Morgan fingerprint density at radius 3 is 2.54 bits per heavy atom. The topological polar surface area (TPSA) is 29.5 Å². The minimum atomic E-state index is -0.464.